The van der Waals surface area contributed by atoms with Crippen molar-refractivity contribution >= 4 is 53.1 Å². The van der Waals surface area contributed by atoms with Gasteiger partial charge in [0.2, 0.25) is 0 Å². The van der Waals surface area contributed by atoms with Gasteiger partial charge in [-0.3, -0.25) is 4.99 Å². The number of ether oxygens (including phenoxy) is 1. The summed E-state index contributed by atoms with van der Waals surface area (Å²) in [4.78, 5) is 4.18. The standard InChI is InChI=1S/C16H22Cl2N4O2.HI/c1-19-16(21-10-12-9-14(17)15(18)22(12)2)20-6-4-7-23-11-13-5-3-8-24-13;/h3,5,8-9H,4,6-7,10-11H2,1-2H3,(H2,19,20,21);1H. The fraction of sp³-hybridized carbons (Fsp3) is 0.438. The molecule has 0 aliphatic carbocycles. The Morgan fingerprint density at radius 2 is 2.16 bits per heavy atom. The van der Waals surface area contributed by atoms with E-state index in [-0.39, 0.29) is 24.0 Å². The lowest BCUT2D eigenvalue weighted by atomic mass is 10.4. The van der Waals surface area contributed by atoms with E-state index in [0.29, 0.717) is 29.9 Å². The van der Waals surface area contributed by atoms with E-state index in [1.54, 1.807) is 13.3 Å². The highest BCUT2D eigenvalue weighted by molar-refractivity contribution is 14.0. The third-order valence-corrected chi connectivity index (χ3v) is 4.30. The van der Waals surface area contributed by atoms with Crippen LogP contribution in [0.5, 0.6) is 0 Å². The molecule has 0 unspecified atom stereocenters. The first-order chi connectivity index (χ1) is 11.6. The smallest absolute Gasteiger partial charge is 0.191 e. The van der Waals surface area contributed by atoms with Crippen LogP contribution in [0.2, 0.25) is 10.2 Å². The highest BCUT2D eigenvalue weighted by Gasteiger charge is 2.09. The monoisotopic (exact) mass is 500 g/mol. The van der Waals surface area contributed by atoms with Gasteiger partial charge in [0.1, 0.15) is 17.5 Å². The van der Waals surface area contributed by atoms with E-state index in [1.165, 1.54) is 0 Å². The van der Waals surface area contributed by atoms with Crippen LogP contribution in [-0.2, 0) is 24.9 Å². The van der Waals surface area contributed by atoms with Crippen LogP contribution in [0.3, 0.4) is 0 Å². The first-order valence-corrected chi connectivity index (χ1v) is 8.41. The van der Waals surface area contributed by atoms with E-state index in [2.05, 4.69) is 15.6 Å². The second kappa shape index (κ2) is 11.7. The zero-order valence-electron chi connectivity index (χ0n) is 14.2. The molecular formula is C16H23Cl2IN4O2. The molecule has 0 bridgehead atoms. The van der Waals surface area contributed by atoms with Crippen molar-refractivity contribution in [3.8, 4) is 0 Å². The Morgan fingerprint density at radius 3 is 2.76 bits per heavy atom. The fourth-order valence-electron chi connectivity index (χ4n) is 2.10. The van der Waals surface area contributed by atoms with Gasteiger partial charge >= 0.3 is 0 Å². The summed E-state index contributed by atoms with van der Waals surface area (Å²) in [5.74, 6) is 1.55. The van der Waals surface area contributed by atoms with Crippen LogP contribution in [0.25, 0.3) is 0 Å². The third kappa shape index (κ3) is 7.08. The van der Waals surface area contributed by atoms with E-state index in [9.17, 15) is 0 Å². The van der Waals surface area contributed by atoms with Crippen LogP contribution < -0.4 is 10.6 Å². The number of rotatable bonds is 8. The van der Waals surface area contributed by atoms with Crippen LogP contribution >= 0.6 is 47.2 Å². The molecular weight excluding hydrogens is 478 g/mol. The SMILES string of the molecule is CN=C(NCCCOCc1ccco1)NCc1cc(Cl)c(Cl)n1C.I. The quantitative estimate of drug-likeness (QED) is 0.250. The number of halogens is 3. The Hall–Kier alpha value is -0.900. The number of hydrogen-bond acceptors (Lipinski definition) is 3. The third-order valence-electron chi connectivity index (χ3n) is 3.46. The lowest BCUT2D eigenvalue weighted by Gasteiger charge is -2.12. The summed E-state index contributed by atoms with van der Waals surface area (Å²) >= 11 is 12.1. The summed E-state index contributed by atoms with van der Waals surface area (Å²) < 4.78 is 12.6. The fourth-order valence-corrected chi connectivity index (χ4v) is 2.52. The maximum absolute atomic E-state index is 6.05. The van der Waals surface area contributed by atoms with E-state index in [0.717, 1.165) is 30.4 Å². The highest BCUT2D eigenvalue weighted by Crippen LogP contribution is 2.24. The molecule has 0 fully saturated rings. The molecule has 0 aliphatic rings. The predicted octanol–water partition coefficient (Wildman–Crippen LogP) is 3.81. The minimum Gasteiger partial charge on any atom is -0.467 e. The maximum atomic E-state index is 6.05. The molecule has 2 rings (SSSR count). The normalized spacial score (nSPS) is 11.3. The Kier molecular flexibility index (Phi) is 10.3. The zero-order chi connectivity index (χ0) is 17.4. The van der Waals surface area contributed by atoms with E-state index in [1.807, 2.05) is 29.8 Å². The first-order valence-electron chi connectivity index (χ1n) is 7.66. The molecule has 6 nitrogen and oxygen atoms in total. The van der Waals surface area contributed by atoms with Gasteiger partial charge in [-0.05, 0) is 24.6 Å². The highest BCUT2D eigenvalue weighted by atomic mass is 127. The zero-order valence-corrected chi connectivity index (χ0v) is 18.1. The molecule has 0 atom stereocenters. The minimum atomic E-state index is 0. The summed E-state index contributed by atoms with van der Waals surface area (Å²) in [5, 5.41) is 7.54. The molecule has 0 saturated carbocycles. The van der Waals surface area contributed by atoms with Crippen molar-refractivity contribution in [3.05, 3.63) is 46.1 Å². The number of hydrogen-bond donors (Lipinski definition) is 2. The number of furan rings is 1. The van der Waals surface area contributed by atoms with Gasteiger partial charge in [0.15, 0.2) is 5.96 Å². The second-order valence-corrected chi connectivity index (χ2v) is 5.94. The molecule has 0 spiro atoms. The number of nitrogens with zero attached hydrogens (tertiary/aromatic N) is 2. The molecule has 2 N–H and O–H groups in total. The van der Waals surface area contributed by atoms with Crippen LogP contribution in [0.15, 0.2) is 33.9 Å². The summed E-state index contributed by atoms with van der Waals surface area (Å²) in [5.41, 5.74) is 0.981. The summed E-state index contributed by atoms with van der Waals surface area (Å²) in [6.45, 7) is 2.48. The molecule has 0 amide bonds. The van der Waals surface area contributed by atoms with E-state index in [4.69, 9.17) is 32.4 Å². The lowest BCUT2D eigenvalue weighted by Crippen LogP contribution is -2.37. The molecule has 9 heteroatoms. The van der Waals surface area contributed by atoms with Gasteiger partial charge in [0.05, 0.1) is 17.8 Å². The summed E-state index contributed by atoms with van der Waals surface area (Å²) in [6.07, 6.45) is 2.51. The van der Waals surface area contributed by atoms with Gasteiger partial charge in [-0.15, -0.1) is 24.0 Å². The topological polar surface area (TPSA) is 63.7 Å². The van der Waals surface area contributed by atoms with Crippen molar-refractivity contribution in [2.75, 3.05) is 20.2 Å². The van der Waals surface area contributed by atoms with Crippen LogP contribution in [0, 0.1) is 0 Å². The predicted molar refractivity (Wildman–Crippen MR) is 112 cm³/mol. The van der Waals surface area contributed by atoms with Gasteiger partial charge in [-0.1, -0.05) is 23.2 Å². The summed E-state index contributed by atoms with van der Waals surface area (Å²) in [7, 11) is 3.60. The van der Waals surface area contributed by atoms with E-state index >= 15 is 0 Å². The first kappa shape index (κ1) is 22.1. The Morgan fingerprint density at radius 1 is 1.36 bits per heavy atom. The molecule has 2 heterocycles. The van der Waals surface area contributed by atoms with Gasteiger partial charge in [0.25, 0.3) is 0 Å². The number of aromatic nitrogens is 1. The molecule has 0 aliphatic heterocycles. The Bertz CT molecular complexity index is 659. The van der Waals surface area contributed by atoms with Crippen molar-refractivity contribution in [2.45, 2.75) is 19.6 Å². The Balaban J connectivity index is 0.00000312. The van der Waals surface area contributed by atoms with Crippen LogP contribution in [0.1, 0.15) is 17.9 Å². The molecule has 140 valence electrons. The van der Waals surface area contributed by atoms with Gasteiger partial charge < -0.3 is 24.4 Å². The van der Waals surface area contributed by atoms with Crippen molar-refractivity contribution in [1.29, 1.82) is 0 Å². The molecule has 0 aromatic carbocycles. The molecule has 2 aromatic rings. The van der Waals surface area contributed by atoms with Gasteiger partial charge in [-0.2, -0.15) is 0 Å². The van der Waals surface area contributed by atoms with Gasteiger partial charge in [0, 0.05) is 32.9 Å². The average Bonchev–Trinajstić information content (AvgIpc) is 3.18. The molecule has 0 saturated heterocycles. The maximum Gasteiger partial charge on any atom is 0.191 e. The van der Waals surface area contributed by atoms with Crippen molar-refractivity contribution in [1.82, 2.24) is 15.2 Å². The lowest BCUT2D eigenvalue weighted by molar-refractivity contribution is 0.105. The van der Waals surface area contributed by atoms with Gasteiger partial charge in [-0.25, -0.2) is 0 Å². The minimum absolute atomic E-state index is 0. The Labute approximate surface area is 174 Å². The van der Waals surface area contributed by atoms with Crippen molar-refractivity contribution in [2.24, 2.45) is 12.0 Å². The van der Waals surface area contributed by atoms with Crippen molar-refractivity contribution in [3.63, 3.8) is 0 Å². The van der Waals surface area contributed by atoms with Crippen molar-refractivity contribution < 1.29 is 9.15 Å². The number of aliphatic imine (C=N–C) groups is 1. The largest absolute Gasteiger partial charge is 0.467 e. The number of guanidine groups is 1. The molecule has 2 aromatic heterocycles. The second-order valence-electron chi connectivity index (χ2n) is 5.17. The molecule has 0 radical (unpaired) electrons. The number of nitrogens with one attached hydrogen (secondary N) is 2. The average molecular weight is 501 g/mol. The molecule has 25 heavy (non-hydrogen) atoms. The van der Waals surface area contributed by atoms with Crippen LogP contribution in [0.4, 0.5) is 0 Å². The van der Waals surface area contributed by atoms with E-state index < -0.39 is 0 Å². The summed E-state index contributed by atoms with van der Waals surface area (Å²) in [6, 6.07) is 5.59. The van der Waals surface area contributed by atoms with Crippen LogP contribution in [-0.4, -0.2) is 30.7 Å².